The highest BCUT2D eigenvalue weighted by atomic mass is 35.5. The van der Waals surface area contributed by atoms with Crippen LogP contribution in [-0.4, -0.2) is 54.5 Å². The molecule has 112 valence electrons. The number of benzene rings is 1. The molecule has 1 aliphatic heterocycles. The second-order valence-electron chi connectivity index (χ2n) is 4.56. The molecule has 6 heteroatoms. The van der Waals surface area contributed by atoms with Crippen molar-refractivity contribution in [1.82, 2.24) is 9.80 Å². The number of hydrogen-bond donors (Lipinski definition) is 0. The smallest absolute Gasteiger partial charge is 0.410 e. The molecule has 20 heavy (non-hydrogen) atoms. The summed E-state index contributed by atoms with van der Waals surface area (Å²) in [6.07, 6.45) is -0.227. The van der Waals surface area contributed by atoms with Gasteiger partial charge in [-0.2, -0.15) is 0 Å². The van der Waals surface area contributed by atoms with Gasteiger partial charge in [0.1, 0.15) is 6.61 Å². The fourth-order valence-electron chi connectivity index (χ4n) is 2.08. The summed E-state index contributed by atoms with van der Waals surface area (Å²) in [6, 6.07) is 9.72. The van der Waals surface area contributed by atoms with Crippen LogP contribution in [0.3, 0.4) is 0 Å². The van der Waals surface area contributed by atoms with Crippen LogP contribution in [0.15, 0.2) is 30.3 Å². The maximum absolute atomic E-state index is 11.9. The third kappa shape index (κ3) is 5.19. The molecule has 0 unspecified atom stereocenters. The summed E-state index contributed by atoms with van der Waals surface area (Å²) in [4.78, 5) is 15.9. The normalized spacial score (nSPS) is 15.6. The Morgan fingerprint density at radius 1 is 1.15 bits per heavy atom. The summed E-state index contributed by atoms with van der Waals surface area (Å²) < 4.78 is 5.31. The van der Waals surface area contributed by atoms with Crippen molar-refractivity contribution in [2.45, 2.75) is 6.61 Å². The number of alkyl halides is 1. The second kappa shape index (κ2) is 9.06. The summed E-state index contributed by atoms with van der Waals surface area (Å²) in [6.45, 7) is 4.38. The van der Waals surface area contributed by atoms with Gasteiger partial charge in [0.25, 0.3) is 0 Å². The number of hydrogen-bond acceptors (Lipinski definition) is 3. The molecule has 1 aromatic rings. The number of carbonyl (C=O) groups excluding carboxylic acids is 1. The third-order valence-corrected chi connectivity index (χ3v) is 3.41. The van der Waals surface area contributed by atoms with Gasteiger partial charge in [-0.1, -0.05) is 30.3 Å². The lowest BCUT2D eigenvalue weighted by atomic mass is 10.2. The zero-order valence-electron chi connectivity index (χ0n) is 11.3. The molecule has 1 saturated heterocycles. The van der Waals surface area contributed by atoms with Crippen LogP contribution in [0.1, 0.15) is 5.56 Å². The summed E-state index contributed by atoms with van der Waals surface area (Å²) in [7, 11) is 0. The largest absolute Gasteiger partial charge is 0.445 e. The first-order valence-corrected chi connectivity index (χ1v) is 7.07. The molecule has 0 spiro atoms. The maximum atomic E-state index is 11.9. The van der Waals surface area contributed by atoms with E-state index in [0.717, 1.165) is 25.2 Å². The molecule has 4 nitrogen and oxygen atoms in total. The van der Waals surface area contributed by atoms with Crippen molar-refractivity contribution in [3.63, 3.8) is 0 Å². The van der Waals surface area contributed by atoms with E-state index in [-0.39, 0.29) is 18.5 Å². The molecular formula is C14H20Cl2N2O2. The van der Waals surface area contributed by atoms with Crippen LogP contribution in [-0.2, 0) is 11.3 Å². The SMILES string of the molecule is Cl.O=C(OCc1ccccc1)N1CCN(CCCl)CC1. The van der Waals surface area contributed by atoms with Crippen molar-refractivity contribution >= 4 is 30.1 Å². The van der Waals surface area contributed by atoms with Crippen molar-refractivity contribution in [3.8, 4) is 0 Å². The molecule has 0 bridgehead atoms. The van der Waals surface area contributed by atoms with Crippen LogP contribution in [0.2, 0.25) is 0 Å². The van der Waals surface area contributed by atoms with E-state index < -0.39 is 0 Å². The van der Waals surface area contributed by atoms with Gasteiger partial charge in [0.15, 0.2) is 0 Å². The average molecular weight is 319 g/mol. The Hall–Kier alpha value is -0.970. The summed E-state index contributed by atoms with van der Waals surface area (Å²) in [5.74, 6) is 0.637. The average Bonchev–Trinajstić information content (AvgIpc) is 2.47. The van der Waals surface area contributed by atoms with Crippen molar-refractivity contribution in [2.24, 2.45) is 0 Å². The zero-order valence-corrected chi connectivity index (χ0v) is 12.9. The highest BCUT2D eigenvalue weighted by Gasteiger charge is 2.21. The van der Waals surface area contributed by atoms with E-state index in [9.17, 15) is 4.79 Å². The van der Waals surface area contributed by atoms with Crippen LogP contribution in [0.25, 0.3) is 0 Å². The third-order valence-electron chi connectivity index (χ3n) is 3.24. The van der Waals surface area contributed by atoms with Gasteiger partial charge < -0.3 is 9.64 Å². The van der Waals surface area contributed by atoms with E-state index in [1.165, 1.54) is 0 Å². The molecule has 0 radical (unpaired) electrons. The molecule has 1 fully saturated rings. The fraction of sp³-hybridized carbons (Fsp3) is 0.500. The minimum atomic E-state index is -0.227. The van der Waals surface area contributed by atoms with E-state index in [1.54, 1.807) is 4.90 Å². The monoisotopic (exact) mass is 318 g/mol. The Bertz CT molecular complexity index is 395. The Kier molecular flexibility index (Phi) is 7.73. The predicted molar refractivity (Wildman–Crippen MR) is 82.6 cm³/mol. The minimum absolute atomic E-state index is 0. The van der Waals surface area contributed by atoms with Crippen molar-refractivity contribution < 1.29 is 9.53 Å². The molecule has 0 aromatic heterocycles. The van der Waals surface area contributed by atoms with Crippen molar-refractivity contribution in [3.05, 3.63) is 35.9 Å². The van der Waals surface area contributed by atoms with Crippen LogP contribution >= 0.6 is 24.0 Å². The van der Waals surface area contributed by atoms with Gasteiger partial charge in [-0.3, -0.25) is 4.90 Å². The van der Waals surface area contributed by atoms with Crippen LogP contribution in [0.5, 0.6) is 0 Å². The van der Waals surface area contributed by atoms with Crippen LogP contribution in [0.4, 0.5) is 4.79 Å². The van der Waals surface area contributed by atoms with E-state index in [4.69, 9.17) is 16.3 Å². The lowest BCUT2D eigenvalue weighted by Gasteiger charge is -2.33. The topological polar surface area (TPSA) is 32.8 Å². The zero-order chi connectivity index (χ0) is 13.5. The summed E-state index contributed by atoms with van der Waals surface area (Å²) >= 11 is 5.70. The van der Waals surface area contributed by atoms with Gasteiger partial charge in [0.2, 0.25) is 0 Å². The van der Waals surface area contributed by atoms with Crippen LogP contribution < -0.4 is 0 Å². The van der Waals surface area contributed by atoms with E-state index in [0.29, 0.717) is 25.6 Å². The quantitative estimate of drug-likeness (QED) is 0.800. The number of rotatable bonds is 4. The van der Waals surface area contributed by atoms with Crippen molar-refractivity contribution in [1.29, 1.82) is 0 Å². The first-order valence-electron chi connectivity index (χ1n) is 6.53. The number of nitrogens with zero attached hydrogens (tertiary/aromatic N) is 2. The van der Waals surface area contributed by atoms with E-state index in [2.05, 4.69) is 4.90 Å². The number of carbonyl (C=O) groups is 1. The van der Waals surface area contributed by atoms with Gasteiger partial charge in [0, 0.05) is 38.6 Å². The number of ether oxygens (including phenoxy) is 1. The maximum Gasteiger partial charge on any atom is 0.410 e. The predicted octanol–water partition coefficient (Wildman–Crippen LogP) is 2.60. The first-order chi connectivity index (χ1) is 9.29. The Labute approximate surface area is 131 Å². The summed E-state index contributed by atoms with van der Waals surface area (Å²) in [5.41, 5.74) is 1.01. The van der Waals surface area contributed by atoms with Gasteiger partial charge in [-0.25, -0.2) is 4.79 Å². The molecule has 0 N–H and O–H groups in total. The lowest BCUT2D eigenvalue weighted by molar-refractivity contribution is 0.0730. The molecule has 0 aliphatic carbocycles. The van der Waals surface area contributed by atoms with Gasteiger partial charge in [0.05, 0.1) is 0 Å². The van der Waals surface area contributed by atoms with Gasteiger partial charge in [-0.05, 0) is 5.56 Å². The van der Waals surface area contributed by atoms with Crippen LogP contribution in [0, 0.1) is 0 Å². The second-order valence-corrected chi connectivity index (χ2v) is 4.94. The Balaban J connectivity index is 0.00000200. The Morgan fingerprint density at radius 2 is 1.80 bits per heavy atom. The summed E-state index contributed by atoms with van der Waals surface area (Å²) in [5, 5.41) is 0. The number of halogens is 2. The standard InChI is InChI=1S/C14H19ClN2O2.ClH/c15-6-7-16-8-10-17(11-9-16)14(18)19-12-13-4-2-1-3-5-13;/h1-5H,6-12H2;1H. The van der Waals surface area contributed by atoms with Gasteiger partial charge >= 0.3 is 6.09 Å². The molecule has 1 heterocycles. The van der Waals surface area contributed by atoms with Crippen molar-refractivity contribution in [2.75, 3.05) is 38.6 Å². The number of piperazine rings is 1. The van der Waals surface area contributed by atoms with Gasteiger partial charge in [-0.15, -0.1) is 24.0 Å². The first kappa shape index (κ1) is 17.1. The number of amides is 1. The Morgan fingerprint density at radius 3 is 2.40 bits per heavy atom. The molecule has 1 aliphatic rings. The molecule has 0 atom stereocenters. The minimum Gasteiger partial charge on any atom is -0.445 e. The lowest BCUT2D eigenvalue weighted by Crippen LogP contribution is -2.49. The molecular weight excluding hydrogens is 299 g/mol. The van der Waals surface area contributed by atoms with E-state index in [1.807, 2.05) is 30.3 Å². The molecule has 0 saturated carbocycles. The molecule has 2 rings (SSSR count). The molecule has 1 amide bonds. The molecule has 1 aromatic carbocycles. The highest BCUT2D eigenvalue weighted by molar-refractivity contribution is 6.18. The van der Waals surface area contributed by atoms with E-state index >= 15 is 0 Å². The highest BCUT2D eigenvalue weighted by Crippen LogP contribution is 2.06. The fourth-order valence-corrected chi connectivity index (χ4v) is 2.32.